The smallest absolute Gasteiger partial charge is 0.239 e. The summed E-state index contributed by atoms with van der Waals surface area (Å²) in [5, 5.41) is 13.5. The molecule has 0 atom stereocenters. The summed E-state index contributed by atoms with van der Waals surface area (Å²) in [6, 6.07) is 6.29. The van der Waals surface area contributed by atoms with Crippen LogP contribution < -0.4 is 15.8 Å². The Morgan fingerprint density at radius 1 is 1.50 bits per heavy atom. The summed E-state index contributed by atoms with van der Waals surface area (Å²) in [6.45, 7) is -0.114. The highest BCUT2D eigenvalue weighted by molar-refractivity contribution is 7.91. The second-order valence-corrected chi connectivity index (χ2v) is 6.17. The minimum Gasteiger partial charge on any atom is -0.485 e. The van der Waals surface area contributed by atoms with E-state index in [1.807, 2.05) is 0 Å². The topological polar surface area (TPSA) is 131 Å². The number of hydrogen-bond acceptors (Lipinski definition) is 6. The zero-order valence-corrected chi connectivity index (χ0v) is 11.6. The Labute approximate surface area is 116 Å². The molecule has 0 aliphatic carbocycles. The van der Waals surface area contributed by atoms with Crippen molar-refractivity contribution in [2.75, 3.05) is 23.9 Å². The summed E-state index contributed by atoms with van der Waals surface area (Å²) < 4.78 is 27.1. The highest BCUT2D eigenvalue weighted by Crippen LogP contribution is 2.17. The van der Waals surface area contributed by atoms with Crippen LogP contribution in [0, 0.1) is 0 Å². The molecule has 0 bridgehead atoms. The monoisotopic (exact) mass is 301 g/mol. The number of rotatable bonds is 6. The lowest BCUT2D eigenvalue weighted by molar-refractivity contribution is -0.113. The van der Waals surface area contributed by atoms with Gasteiger partial charge in [-0.1, -0.05) is 11.2 Å². The number of amidine groups is 1. The van der Waals surface area contributed by atoms with Crippen LogP contribution in [0.2, 0.25) is 0 Å². The Morgan fingerprint density at radius 3 is 2.80 bits per heavy atom. The fourth-order valence-electron chi connectivity index (χ4n) is 1.28. The number of nitrogens with one attached hydrogen (secondary N) is 1. The van der Waals surface area contributed by atoms with E-state index in [1.54, 1.807) is 18.2 Å². The van der Waals surface area contributed by atoms with Crippen LogP contribution in [-0.4, -0.2) is 44.0 Å². The molecule has 1 aromatic carbocycles. The predicted molar refractivity (Wildman–Crippen MR) is 73.7 cm³/mol. The number of carbonyl (C=O) groups is 1. The first-order valence-corrected chi connectivity index (χ1v) is 7.53. The van der Waals surface area contributed by atoms with Crippen LogP contribution in [0.3, 0.4) is 0 Å². The van der Waals surface area contributed by atoms with Crippen LogP contribution in [-0.2, 0) is 14.6 Å². The molecular weight excluding hydrogens is 286 g/mol. The largest absolute Gasteiger partial charge is 0.485 e. The molecule has 110 valence electrons. The highest BCUT2D eigenvalue weighted by Gasteiger charge is 2.11. The lowest BCUT2D eigenvalue weighted by Crippen LogP contribution is -2.22. The van der Waals surface area contributed by atoms with Crippen molar-refractivity contribution in [3.63, 3.8) is 0 Å². The molecule has 0 aromatic heterocycles. The zero-order valence-electron chi connectivity index (χ0n) is 10.7. The fourth-order valence-corrected chi connectivity index (χ4v) is 1.83. The van der Waals surface area contributed by atoms with Crippen LogP contribution in [0.4, 0.5) is 5.69 Å². The van der Waals surface area contributed by atoms with Gasteiger partial charge in [0, 0.05) is 18.0 Å². The molecule has 0 fully saturated rings. The van der Waals surface area contributed by atoms with E-state index >= 15 is 0 Å². The molecule has 1 rings (SSSR count). The molecule has 0 heterocycles. The Bertz CT molecular complexity index is 612. The third-order valence-electron chi connectivity index (χ3n) is 2.03. The standard InChI is InChI=1S/C11H15N3O5S/c1-20(17,18)7-11(15)13-8-3-2-4-9(5-8)19-6-10(12)14-16/h2-5,16H,6-7H2,1H3,(H2,12,14)(H,13,15). The SMILES string of the molecule is CS(=O)(=O)CC(=O)Nc1cccc(OCC(N)=NO)c1. The molecule has 0 unspecified atom stereocenters. The van der Waals surface area contributed by atoms with Crippen LogP contribution in [0.5, 0.6) is 5.75 Å². The first-order valence-electron chi connectivity index (χ1n) is 5.47. The predicted octanol–water partition coefficient (Wildman–Crippen LogP) is -0.205. The van der Waals surface area contributed by atoms with E-state index in [-0.39, 0.29) is 12.4 Å². The molecule has 9 heteroatoms. The fraction of sp³-hybridized carbons (Fsp3) is 0.273. The number of ether oxygens (including phenoxy) is 1. The van der Waals surface area contributed by atoms with E-state index < -0.39 is 21.5 Å². The normalized spacial score (nSPS) is 11.9. The van der Waals surface area contributed by atoms with Crippen molar-refractivity contribution >= 4 is 27.3 Å². The van der Waals surface area contributed by atoms with Gasteiger partial charge in [0.1, 0.15) is 18.1 Å². The van der Waals surface area contributed by atoms with Gasteiger partial charge >= 0.3 is 0 Å². The van der Waals surface area contributed by atoms with E-state index in [4.69, 9.17) is 15.7 Å². The average Bonchev–Trinajstić information content (AvgIpc) is 2.34. The minimum atomic E-state index is -3.38. The van der Waals surface area contributed by atoms with E-state index in [0.29, 0.717) is 11.4 Å². The molecule has 0 saturated carbocycles. The maximum atomic E-state index is 11.4. The number of oxime groups is 1. The van der Waals surface area contributed by atoms with Gasteiger partial charge in [0.25, 0.3) is 0 Å². The van der Waals surface area contributed by atoms with Crippen molar-refractivity contribution in [1.82, 2.24) is 0 Å². The average molecular weight is 301 g/mol. The van der Waals surface area contributed by atoms with E-state index in [9.17, 15) is 13.2 Å². The Morgan fingerprint density at radius 2 is 2.20 bits per heavy atom. The van der Waals surface area contributed by atoms with E-state index in [0.717, 1.165) is 6.26 Å². The lowest BCUT2D eigenvalue weighted by atomic mass is 10.3. The van der Waals surface area contributed by atoms with Gasteiger partial charge in [-0.05, 0) is 12.1 Å². The van der Waals surface area contributed by atoms with Gasteiger partial charge in [-0.25, -0.2) is 8.42 Å². The number of anilines is 1. The lowest BCUT2D eigenvalue weighted by Gasteiger charge is -2.08. The maximum absolute atomic E-state index is 11.4. The third-order valence-corrected chi connectivity index (χ3v) is 2.81. The summed E-state index contributed by atoms with van der Waals surface area (Å²) in [5.74, 6) is -0.950. The molecule has 0 radical (unpaired) electrons. The first-order chi connectivity index (χ1) is 9.30. The molecule has 8 nitrogen and oxygen atoms in total. The highest BCUT2D eigenvalue weighted by atomic mass is 32.2. The van der Waals surface area contributed by atoms with Gasteiger partial charge in [0.2, 0.25) is 5.91 Å². The summed E-state index contributed by atoms with van der Waals surface area (Å²) in [6.07, 6.45) is 0.975. The van der Waals surface area contributed by atoms with Crippen molar-refractivity contribution in [3.8, 4) is 5.75 Å². The summed E-state index contributed by atoms with van der Waals surface area (Å²) in [5.41, 5.74) is 5.63. The quantitative estimate of drug-likeness (QED) is 0.288. The number of hydrogen-bond donors (Lipinski definition) is 3. The molecule has 0 aliphatic heterocycles. The number of sulfone groups is 1. The van der Waals surface area contributed by atoms with E-state index in [1.165, 1.54) is 6.07 Å². The van der Waals surface area contributed by atoms with Gasteiger partial charge in [-0.15, -0.1) is 0 Å². The summed E-state index contributed by atoms with van der Waals surface area (Å²) in [7, 11) is -3.38. The Balaban J connectivity index is 2.66. The van der Waals surface area contributed by atoms with Crippen LogP contribution >= 0.6 is 0 Å². The van der Waals surface area contributed by atoms with Crippen molar-refractivity contribution in [2.24, 2.45) is 10.9 Å². The second-order valence-electron chi connectivity index (χ2n) is 4.03. The van der Waals surface area contributed by atoms with Crippen LogP contribution in [0.15, 0.2) is 29.4 Å². The van der Waals surface area contributed by atoms with Crippen molar-refractivity contribution < 1.29 is 23.2 Å². The van der Waals surface area contributed by atoms with Crippen molar-refractivity contribution in [2.45, 2.75) is 0 Å². The summed E-state index contributed by atoms with van der Waals surface area (Å²) in [4.78, 5) is 11.4. The van der Waals surface area contributed by atoms with Gasteiger partial charge < -0.3 is 21.0 Å². The zero-order chi connectivity index (χ0) is 15.2. The molecule has 0 aliphatic rings. The Kier molecular flexibility index (Phi) is 5.32. The summed E-state index contributed by atoms with van der Waals surface area (Å²) >= 11 is 0. The van der Waals surface area contributed by atoms with E-state index in [2.05, 4.69) is 10.5 Å². The van der Waals surface area contributed by atoms with Gasteiger partial charge in [0.05, 0.1) is 0 Å². The molecule has 1 aromatic rings. The molecule has 1 amide bonds. The number of nitrogens with two attached hydrogens (primary N) is 1. The number of amides is 1. The molecule has 20 heavy (non-hydrogen) atoms. The maximum Gasteiger partial charge on any atom is 0.239 e. The molecule has 4 N–H and O–H groups in total. The van der Waals surface area contributed by atoms with Crippen LogP contribution in [0.1, 0.15) is 0 Å². The molecule has 0 saturated heterocycles. The molecular formula is C11H15N3O5S. The minimum absolute atomic E-state index is 0.100. The number of benzene rings is 1. The second kappa shape index (κ2) is 6.75. The van der Waals surface area contributed by atoms with Crippen molar-refractivity contribution in [1.29, 1.82) is 0 Å². The van der Waals surface area contributed by atoms with Crippen molar-refractivity contribution in [3.05, 3.63) is 24.3 Å². The number of carbonyl (C=O) groups excluding carboxylic acids is 1. The first kappa shape index (κ1) is 15.8. The third kappa shape index (κ3) is 6.05. The molecule has 0 spiro atoms. The van der Waals surface area contributed by atoms with Gasteiger partial charge in [-0.3, -0.25) is 4.79 Å². The van der Waals surface area contributed by atoms with Crippen LogP contribution in [0.25, 0.3) is 0 Å². The van der Waals surface area contributed by atoms with Gasteiger partial charge in [-0.2, -0.15) is 0 Å². The number of nitrogens with zero attached hydrogens (tertiary/aromatic N) is 1. The Hall–Kier alpha value is -2.29. The van der Waals surface area contributed by atoms with Gasteiger partial charge in [0.15, 0.2) is 15.7 Å².